The second kappa shape index (κ2) is 15.0. The van der Waals surface area contributed by atoms with Gasteiger partial charge in [0.15, 0.2) is 17.5 Å². The number of hydrogen-bond donors (Lipinski definition) is 2. The van der Waals surface area contributed by atoms with E-state index in [1.54, 1.807) is 21.3 Å². The number of ether oxygens (including phenoxy) is 3. The monoisotopic (exact) mass is 394 g/mol. The zero-order valence-electron chi connectivity index (χ0n) is 18.2. The van der Waals surface area contributed by atoms with Crippen LogP contribution in [-0.2, 0) is 11.2 Å². The molecule has 1 rings (SSSR count). The Morgan fingerprint density at radius 3 is 2.46 bits per heavy atom. The van der Waals surface area contributed by atoms with E-state index < -0.39 is 0 Å². The molecule has 0 unspecified atom stereocenters. The molecule has 0 atom stereocenters. The van der Waals surface area contributed by atoms with E-state index in [9.17, 15) is 0 Å². The predicted octanol–water partition coefficient (Wildman–Crippen LogP) is 2.16. The van der Waals surface area contributed by atoms with E-state index in [1.165, 1.54) is 5.56 Å². The lowest BCUT2D eigenvalue weighted by atomic mass is 10.1. The quantitative estimate of drug-likeness (QED) is 0.286. The molecule has 0 saturated carbocycles. The Bertz CT molecular complexity index is 567. The summed E-state index contributed by atoms with van der Waals surface area (Å²) in [5.41, 5.74) is 1.24. The fourth-order valence-electron chi connectivity index (χ4n) is 2.78. The van der Waals surface area contributed by atoms with Gasteiger partial charge in [0.25, 0.3) is 0 Å². The third-order valence-electron chi connectivity index (χ3n) is 4.37. The van der Waals surface area contributed by atoms with Gasteiger partial charge in [0.05, 0.1) is 20.3 Å². The number of hydrogen-bond acceptors (Lipinski definition) is 5. The van der Waals surface area contributed by atoms with Crippen molar-refractivity contribution >= 4 is 5.96 Å². The minimum atomic E-state index is 0.630. The smallest absolute Gasteiger partial charge is 0.190 e. The van der Waals surface area contributed by atoms with Crippen molar-refractivity contribution in [3.8, 4) is 11.5 Å². The van der Waals surface area contributed by atoms with Crippen LogP contribution in [0, 0.1) is 0 Å². The van der Waals surface area contributed by atoms with E-state index in [2.05, 4.69) is 39.7 Å². The summed E-state index contributed by atoms with van der Waals surface area (Å²) in [6.45, 7) is 7.13. The minimum Gasteiger partial charge on any atom is -0.493 e. The summed E-state index contributed by atoms with van der Waals surface area (Å²) in [4.78, 5) is 6.55. The van der Waals surface area contributed by atoms with Gasteiger partial charge in [0.1, 0.15) is 0 Å². The molecule has 28 heavy (non-hydrogen) atoms. The molecule has 160 valence electrons. The summed E-state index contributed by atoms with van der Waals surface area (Å²) >= 11 is 0. The SMILES string of the molecule is CCOc1cc(CCCNC(=NC)NCCCN(C)CCOC)ccc1OC. The van der Waals surface area contributed by atoms with Crippen molar-refractivity contribution in [3.63, 3.8) is 0 Å². The van der Waals surface area contributed by atoms with Crippen LogP contribution in [0.5, 0.6) is 11.5 Å². The van der Waals surface area contributed by atoms with Gasteiger partial charge in [0, 0.05) is 33.8 Å². The third-order valence-corrected chi connectivity index (χ3v) is 4.37. The van der Waals surface area contributed by atoms with Crippen molar-refractivity contribution in [2.24, 2.45) is 4.99 Å². The summed E-state index contributed by atoms with van der Waals surface area (Å²) < 4.78 is 16.1. The van der Waals surface area contributed by atoms with Crippen molar-refractivity contribution in [1.29, 1.82) is 0 Å². The molecule has 7 heteroatoms. The van der Waals surface area contributed by atoms with E-state index in [1.807, 2.05) is 13.0 Å². The van der Waals surface area contributed by atoms with Crippen LogP contribution in [0.3, 0.4) is 0 Å². The molecule has 2 N–H and O–H groups in total. The Morgan fingerprint density at radius 1 is 1.07 bits per heavy atom. The van der Waals surface area contributed by atoms with Crippen molar-refractivity contribution in [1.82, 2.24) is 15.5 Å². The lowest BCUT2D eigenvalue weighted by Crippen LogP contribution is -2.39. The molecule has 0 aromatic heterocycles. The zero-order valence-corrected chi connectivity index (χ0v) is 18.2. The van der Waals surface area contributed by atoms with E-state index >= 15 is 0 Å². The van der Waals surface area contributed by atoms with Gasteiger partial charge in [-0.2, -0.15) is 0 Å². The van der Waals surface area contributed by atoms with Crippen LogP contribution in [0.2, 0.25) is 0 Å². The van der Waals surface area contributed by atoms with Gasteiger partial charge in [-0.25, -0.2) is 0 Å². The highest BCUT2D eigenvalue weighted by Crippen LogP contribution is 2.28. The third kappa shape index (κ3) is 9.80. The maximum atomic E-state index is 5.64. The average Bonchev–Trinajstić information content (AvgIpc) is 2.71. The molecule has 0 aliphatic carbocycles. The second-order valence-electron chi connectivity index (χ2n) is 6.60. The van der Waals surface area contributed by atoms with E-state index in [0.717, 1.165) is 69.5 Å². The van der Waals surface area contributed by atoms with Gasteiger partial charge in [-0.3, -0.25) is 4.99 Å². The Labute approximate surface area is 170 Å². The van der Waals surface area contributed by atoms with Gasteiger partial charge < -0.3 is 29.7 Å². The van der Waals surface area contributed by atoms with Crippen molar-refractivity contribution in [2.45, 2.75) is 26.2 Å². The lowest BCUT2D eigenvalue weighted by molar-refractivity contribution is 0.161. The van der Waals surface area contributed by atoms with Gasteiger partial charge in [-0.1, -0.05) is 6.07 Å². The fourth-order valence-corrected chi connectivity index (χ4v) is 2.78. The summed E-state index contributed by atoms with van der Waals surface area (Å²) in [5, 5.41) is 6.74. The molecule has 0 saturated heterocycles. The van der Waals surface area contributed by atoms with Crippen LogP contribution in [0.4, 0.5) is 0 Å². The maximum Gasteiger partial charge on any atom is 0.190 e. The molecule has 1 aromatic carbocycles. The van der Waals surface area contributed by atoms with E-state index in [4.69, 9.17) is 14.2 Å². The summed E-state index contributed by atoms with van der Waals surface area (Å²) in [5.74, 6) is 2.44. The molecule has 0 radical (unpaired) electrons. The number of rotatable bonds is 14. The molecule has 7 nitrogen and oxygen atoms in total. The summed E-state index contributed by atoms with van der Waals surface area (Å²) in [7, 11) is 7.31. The van der Waals surface area contributed by atoms with Crippen LogP contribution in [-0.4, -0.2) is 78.6 Å². The molecular formula is C21H38N4O3. The van der Waals surface area contributed by atoms with Crippen LogP contribution < -0.4 is 20.1 Å². The Balaban J connectivity index is 2.25. The van der Waals surface area contributed by atoms with Crippen LogP contribution in [0.1, 0.15) is 25.3 Å². The molecule has 0 aliphatic heterocycles. The van der Waals surface area contributed by atoms with E-state index in [0.29, 0.717) is 6.61 Å². The number of methoxy groups -OCH3 is 2. The van der Waals surface area contributed by atoms with Gasteiger partial charge in [-0.15, -0.1) is 0 Å². The number of nitrogens with zero attached hydrogens (tertiary/aromatic N) is 2. The first kappa shape index (κ1) is 24.0. The first-order valence-electron chi connectivity index (χ1n) is 10.1. The molecule has 0 fully saturated rings. The number of aliphatic imine (C=N–C) groups is 1. The van der Waals surface area contributed by atoms with Crippen LogP contribution in [0.25, 0.3) is 0 Å². The lowest BCUT2D eigenvalue weighted by Gasteiger charge is -2.17. The second-order valence-corrected chi connectivity index (χ2v) is 6.60. The largest absolute Gasteiger partial charge is 0.493 e. The van der Waals surface area contributed by atoms with Crippen molar-refractivity contribution in [2.75, 3.05) is 67.7 Å². The molecule has 0 amide bonds. The highest BCUT2D eigenvalue weighted by Gasteiger charge is 2.05. The maximum absolute atomic E-state index is 5.64. The first-order valence-corrected chi connectivity index (χ1v) is 10.1. The predicted molar refractivity (Wildman–Crippen MR) is 116 cm³/mol. The topological polar surface area (TPSA) is 67.4 Å². The summed E-state index contributed by atoms with van der Waals surface area (Å²) in [6, 6.07) is 6.13. The summed E-state index contributed by atoms with van der Waals surface area (Å²) in [6.07, 6.45) is 3.05. The molecule has 0 heterocycles. The van der Waals surface area contributed by atoms with Crippen molar-refractivity contribution < 1.29 is 14.2 Å². The molecule has 0 bridgehead atoms. The van der Waals surface area contributed by atoms with E-state index in [-0.39, 0.29) is 0 Å². The molecule has 1 aromatic rings. The number of nitrogens with one attached hydrogen (secondary N) is 2. The normalized spacial score (nSPS) is 11.6. The van der Waals surface area contributed by atoms with Gasteiger partial charge in [-0.05, 0) is 57.5 Å². The Kier molecular flexibility index (Phi) is 12.9. The Morgan fingerprint density at radius 2 is 1.82 bits per heavy atom. The Hall–Kier alpha value is -1.99. The van der Waals surface area contributed by atoms with Gasteiger partial charge in [0.2, 0.25) is 0 Å². The molecule has 0 spiro atoms. The fraction of sp³-hybridized carbons (Fsp3) is 0.667. The molecule has 0 aliphatic rings. The number of aryl methyl sites for hydroxylation is 1. The van der Waals surface area contributed by atoms with Crippen LogP contribution in [0.15, 0.2) is 23.2 Å². The van der Waals surface area contributed by atoms with Crippen molar-refractivity contribution in [3.05, 3.63) is 23.8 Å². The van der Waals surface area contributed by atoms with Gasteiger partial charge >= 0.3 is 0 Å². The number of benzene rings is 1. The average molecular weight is 395 g/mol. The zero-order chi connectivity index (χ0) is 20.6. The highest BCUT2D eigenvalue weighted by atomic mass is 16.5. The van der Waals surface area contributed by atoms with Crippen LogP contribution >= 0.6 is 0 Å². The minimum absolute atomic E-state index is 0.630. The number of likely N-dealkylation sites (N-methyl/N-ethyl adjacent to an activating group) is 1. The first-order chi connectivity index (χ1) is 13.6. The number of guanidine groups is 1. The standard InChI is InChI=1S/C21H38N4O3/c1-6-28-20-17-18(10-11-19(20)27-5)9-7-12-23-21(22-2)24-13-8-14-25(3)15-16-26-4/h10-11,17H,6-9,12-16H2,1-5H3,(H2,22,23,24). The highest BCUT2D eigenvalue weighted by molar-refractivity contribution is 5.79. The molecular weight excluding hydrogens is 356 g/mol.